The fraction of sp³-hybridized carbons (Fsp3) is 0.500. The predicted octanol–water partition coefficient (Wildman–Crippen LogP) is 1.72. The SMILES string of the molecule is CC(CCN)CNC(=O)CCc1ccccc1. The summed E-state index contributed by atoms with van der Waals surface area (Å²) < 4.78 is 0. The predicted molar refractivity (Wildman–Crippen MR) is 70.6 cm³/mol. The first-order valence-corrected chi connectivity index (χ1v) is 6.23. The summed E-state index contributed by atoms with van der Waals surface area (Å²) >= 11 is 0. The molecular weight excluding hydrogens is 212 g/mol. The Morgan fingerprint density at radius 2 is 2.06 bits per heavy atom. The van der Waals surface area contributed by atoms with E-state index in [0.29, 0.717) is 18.9 Å². The zero-order chi connectivity index (χ0) is 12.5. The van der Waals surface area contributed by atoms with Gasteiger partial charge >= 0.3 is 0 Å². The number of carbonyl (C=O) groups is 1. The van der Waals surface area contributed by atoms with Gasteiger partial charge in [-0.3, -0.25) is 4.79 Å². The van der Waals surface area contributed by atoms with Crippen molar-refractivity contribution in [2.45, 2.75) is 26.2 Å². The third-order valence-corrected chi connectivity index (χ3v) is 2.79. The number of aryl methyl sites for hydroxylation is 1. The molecule has 1 atom stereocenters. The summed E-state index contributed by atoms with van der Waals surface area (Å²) in [6, 6.07) is 10.1. The van der Waals surface area contributed by atoms with Gasteiger partial charge in [0.15, 0.2) is 0 Å². The molecule has 0 radical (unpaired) electrons. The molecule has 3 N–H and O–H groups in total. The van der Waals surface area contributed by atoms with Gasteiger partial charge in [-0.1, -0.05) is 37.3 Å². The van der Waals surface area contributed by atoms with E-state index < -0.39 is 0 Å². The van der Waals surface area contributed by atoms with Crippen LogP contribution in [0.2, 0.25) is 0 Å². The van der Waals surface area contributed by atoms with Gasteiger partial charge in [0.05, 0.1) is 0 Å². The highest BCUT2D eigenvalue weighted by atomic mass is 16.1. The Hall–Kier alpha value is -1.35. The van der Waals surface area contributed by atoms with Crippen LogP contribution in [-0.4, -0.2) is 19.0 Å². The zero-order valence-corrected chi connectivity index (χ0v) is 10.5. The maximum absolute atomic E-state index is 11.6. The third-order valence-electron chi connectivity index (χ3n) is 2.79. The fourth-order valence-electron chi connectivity index (χ4n) is 1.67. The van der Waals surface area contributed by atoms with E-state index in [4.69, 9.17) is 5.73 Å². The molecule has 1 aromatic rings. The normalized spacial score (nSPS) is 12.1. The molecule has 0 bridgehead atoms. The number of rotatable bonds is 7. The van der Waals surface area contributed by atoms with Gasteiger partial charge in [0, 0.05) is 13.0 Å². The van der Waals surface area contributed by atoms with Crippen molar-refractivity contribution >= 4 is 5.91 Å². The Bertz CT molecular complexity index is 324. The van der Waals surface area contributed by atoms with Gasteiger partial charge in [0.1, 0.15) is 0 Å². The first kappa shape index (κ1) is 13.7. The summed E-state index contributed by atoms with van der Waals surface area (Å²) in [6.45, 7) is 3.51. The number of nitrogens with two attached hydrogens (primary N) is 1. The summed E-state index contributed by atoms with van der Waals surface area (Å²) in [5.74, 6) is 0.582. The quantitative estimate of drug-likeness (QED) is 0.754. The van der Waals surface area contributed by atoms with Crippen LogP contribution in [0.4, 0.5) is 0 Å². The lowest BCUT2D eigenvalue weighted by Crippen LogP contribution is -2.29. The van der Waals surface area contributed by atoms with Crippen LogP contribution in [0.25, 0.3) is 0 Å². The summed E-state index contributed by atoms with van der Waals surface area (Å²) in [5.41, 5.74) is 6.66. The molecule has 1 aromatic carbocycles. The molecule has 0 saturated carbocycles. The van der Waals surface area contributed by atoms with Crippen LogP contribution in [0, 0.1) is 5.92 Å². The molecule has 1 unspecified atom stereocenters. The van der Waals surface area contributed by atoms with Gasteiger partial charge in [-0.05, 0) is 30.9 Å². The molecule has 3 heteroatoms. The Morgan fingerprint density at radius 1 is 1.35 bits per heavy atom. The van der Waals surface area contributed by atoms with Crippen LogP contribution >= 0.6 is 0 Å². The van der Waals surface area contributed by atoms with E-state index in [-0.39, 0.29) is 5.91 Å². The van der Waals surface area contributed by atoms with Gasteiger partial charge in [-0.25, -0.2) is 0 Å². The first-order valence-electron chi connectivity index (χ1n) is 6.23. The molecule has 0 saturated heterocycles. The van der Waals surface area contributed by atoms with Crippen molar-refractivity contribution in [3.8, 4) is 0 Å². The van der Waals surface area contributed by atoms with Crippen LogP contribution in [-0.2, 0) is 11.2 Å². The van der Waals surface area contributed by atoms with Crippen molar-refractivity contribution in [2.75, 3.05) is 13.1 Å². The monoisotopic (exact) mass is 234 g/mol. The smallest absolute Gasteiger partial charge is 0.220 e. The maximum atomic E-state index is 11.6. The van der Waals surface area contributed by atoms with Gasteiger partial charge in [-0.15, -0.1) is 0 Å². The lowest BCUT2D eigenvalue weighted by atomic mass is 10.1. The Labute approximate surface area is 103 Å². The molecule has 94 valence electrons. The highest BCUT2D eigenvalue weighted by Gasteiger charge is 2.05. The molecule has 0 aromatic heterocycles. The van der Waals surface area contributed by atoms with Crippen molar-refractivity contribution < 1.29 is 4.79 Å². The van der Waals surface area contributed by atoms with E-state index in [9.17, 15) is 4.79 Å². The van der Waals surface area contributed by atoms with Gasteiger partial charge in [0.25, 0.3) is 0 Å². The number of amides is 1. The molecule has 0 heterocycles. The Kier molecular flexibility index (Phi) is 6.33. The molecular formula is C14H22N2O. The molecule has 0 aliphatic heterocycles. The number of nitrogens with one attached hydrogen (secondary N) is 1. The second kappa shape index (κ2) is 7.85. The van der Waals surface area contributed by atoms with Gasteiger partial charge in [-0.2, -0.15) is 0 Å². The van der Waals surface area contributed by atoms with E-state index in [1.165, 1.54) is 5.56 Å². The van der Waals surface area contributed by atoms with Crippen LogP contribution in [0.5, 0.6) is 0 Å². The molecule has 0 aliphatic rings. The topological polar surface area (TPSA) is 55.1 Å². The minimum atomic E-state index is 0.123. The standard InChI is InChI=1S/C14H22N2O/c1-12(9-10-15)11-16-14(17)8-7-13-5-3-2-4-6-13/h2-6,12H,7-11,15H2,1H3,(H,16,17). The molecule has 17 heavy (non-hydrogen) atoms. The maximum Gasteiger partial charge on any atom is 0.220 e. The highest BCUT2D eigenvalue weighted by molar-refractivity contribution is 5.76. The lowest BCUT2D eigenvalue weighted by Gasteiger charge is -2.11. The van der Waals surface area contributed by atoms with E-state index >= 15 is 0 Å². The van der Waals surface area contributed by atoms with E-state index in [1.54, 1.807) is 0 Å². The van der Waals surface area contributed by atoms with Crippen LogP contribution in [0.1, 0.15) is 25.3 Å². The van der Waals surface area contributed by atoms with Gasteiger partial charge < -0.3 is 11.1 Å². The number of benzene rings is 1. The number of carbonyl (C=O) groups excluding carboxylic acids is 1. The summed E-state index contributed by atoms with van der Waals surface area (Å²) in [5, 5.41) is 2.94. The van der Waals surface area contributed by atoms with Crippen LogP contribution in [0.15, 0.2) is 30.3 Å². The lowest BCUT2D eigenvalue weighted by molar-refractivity contribution is -0.121. The average Bonchev–Trinajstić information content (AvgIpc) is 2.35. The van der Waals surface area contributed by atoms with Crippen molar-refractivity contribution in [3.05, 3.63) is 35.9 Å². The first-order chi connectivity index (χ1) is 8.22. The zero-order valence-electron chi connectivity index (χ0n) is 10.5. The van der Waals surface area contributed by atoms with Crippen LogP contribution < -0.4 is 11.1 Å². The Balaban J connectivity index is 2.17. The average molecular weight is 234 g/mol. The third kappa shape index (κ3) is 6.07. The largest absolute Gasteiger partial charge is 0.356 e. The molecule has 0 fully saturated rings. The van der Waals surface area contributed by atoms with E-state index in [1.807, 2.05) is 30.3 Å². The molecule has 1 rings (SSSR count). The molecule has 3 nitrogen and oxygen atoms in total. The molecule has 1 amide bonds. The van der Waals surface area contributed by atoms with Crippen molar-refractivity contribution in [3.63, 3.8) is 0 Å². The van der Waals surface area contributed by atoms with Crippen LogP contribution in [0.3, 0.4) is 0 Å². The second-order valence-electron chi connectivity index (χ2n) is 4.47. The minimum absolute atomic E-state index is 0.123. The minimum Gasteiger partial charge on any atom is -0.356 e. The number of hydrogen-bond acceptors (Lipinski definition) is 2. The molecule has 0 aliphatic carbocycles. The highest BCUT2D eigenvalue weighted by Crippen LogP contribution is 2.02. The van der Waals surface area contributed by atoms with Crippen molar-refractivity contribution in [1.82, 2.24) is 5.32 Å². The second-order valence-corrected chi connectivity index (χ2v) is 4.47. The summed E-state index contributed by atoms with van der Waals surface area (Å²) in [4.78, 5) is 11.6. The summed E-state index contributed by atoms with van der Waals surface area (Å²) in [7, 11) is 0. The van der Waals surface area contributed by atoms with Crippen molar-refractivity contribution in [2.24, 2.45) is 11.7 Å². The fourth-order valence-corrected chi connectivity index (χ4v) is 1.67. The van der Waals surface area contributed by atoms with E-state index in [0.717, 1.165) is 19.4 Å². The van der Waals surface area contributed by atoms with Gasteiger partial charge in [0.2, 0.25) is 5.91 Å². The Morgan fingerprint density at radius 3 is 2.71 bits per heavy atom. The molecule has 0 spiro atoms. The summed E-state index contributed by atoms with van der Waals surface area (Å²) in [6.07, 6.45) is 2.32. The van der Waals surface area contributed by atoms with E-state index in [2.05, 4.69) is 12.2 Å². The van der Waals surface area contributed by atoms with Crippen molar-refractivity contribution in [1.29, 1.82) is 0 Å². The number of hydrogen-bond donors (Lipinski definition) is 2.